The number of hydrogen-bond acceptors (Lipinski definition) is 13. The Bertz CT molecular complexity index is 1260. The van der Waals surface area contributed by atoms with Crippen molar-refractivity contribution >= 4 is 40.4 Å². The molecular weight excluding hydrogens is 534 g/mol. The molecule has 0 radical (unpaired) electrons. The molecular formula is C12H17FN5O13P3. The third-order valence-corrected chi connectivity index (χ3v) is 8.14. The van der Waals surface area contributed by atoms with Crippen molar-refractivity contribution in [3.8, 4) is 0 Å². The number of anilines is 1. The minimum absolute atomic E-state index is 0.0247. The molecule has 190 valence electrons. The van der Waals surface area contributed by atoms with Gasteiger partial charge in [-0.05, 0) is 0 Å². The van der Waals surface area contributed by atoms with E-state index >= 15 is 4.39 Å². The van der Waals surface area contributed by atoms with Crippen LogP contribution in [0.1, 0.15) is 6.23 Å². The van der Waals surface area contributed by atoms with E-state index < -0.39 is 53.9 Å². The highest BCUT2D eigenvalue weighted by Crippen LogP contribution is 2.66. The van der Waals surface area contributed by atoms with E-state index in [9.17, 15) is 28.8 Å². The number of nitrogens with zero attached hydrogens (tertiary/aromatic N) is 4. The summed E-state index contributed by atoms with van der Waals surface area (Å²) in [6, 6.07) is 0. The number of rotatable bonds is 9. The van der Waals surface area contributed by atoms with Gasteiger partial charge in [0.15, 0.2) is 29.4 Å². The van der Waals surface area contributed by atoms with E-state index in [0.717, 1.165) is 17.2 Å². The molecule has 0 amide bonds. The van der Waals surface area contributed by atoms with E-state index in [0.29, 0.717) is 6.08 Å². The van der Waals surface area contributed by atoms with Gasteiger partial charge in [0.2, 0.25) is 0 Å². The maximum absolute atomic E-state index is 15.5. The van der Waals surface area contributed by atoms with Crippen LogP contribution in [0.3, 0.4) is 0 Å². The van der Waals surface area contributed by atoms with Crippen LogP contribution in [0.5, 0.6) is 0 Å². The Labute approximate surface area is 187 Å². The highest BCUT2D eigenvalue weighted by molar-refractivity contribution is 7.66. The zero-order valence-corrected chi connectivity index (χ0v) is 19.1. The SMILES string of the molecule is C=CC1(O)C(n2cnc3c(N)ncnc32)OC(F)(COP(=O)(O)OP(=O)(O)OP(=O)(O)O)C1O. The molecule has 0 spiro atoms. The van der Waals surface area contributed by atoms with E-state index in [-0.39, 0.29) is 17.0 Å². The van der Waals surface area contributed by atoms with Gasteiger partial charge in [0.25, 0.3) is 5.85 Å². The smallest absolute Gasteiger partial charge is 0.383 e. The molecule has 1 aliphatic heterocycles. The van der Waals surface area contributed by atoms with E-state index in [2.05, 4.69) is 34.7 Å². The molecule has 3 rings (SSSR count). The maximum atomic E-state index is 15.5. The summed E-state index contributed by atoms with van der Waals surface area (Å²) >= 11 is 0. The van der Waals surface area contributed by atoms with Crippen LogP contribution < -0.4 is 5.73 Å². The zero-order valence-electron chi connectivity index (χ0n) is 16.4. The second-order valence-corrected chi connectivity index (χ2v) is 11.1. The first-order valence-corrected chi connectivity index (χ1v) is 13.1. The largest absolute Gasteiger partial charge is 0.490 e. The first-order chi connectivity index (χ1) is 15.4. The molecule has 6 unspecified atom stereocenters. The Kier molecular flexibility index (Phi) is 6.93. The number of fused-ring (bicyclic) bond motifs is 1. The Morgan fingerprint density at radius 2 is 1.85 bits per heavy atom. The van der Waals surface area contributed by atoms with E-state index in [1.54, 1.807) is 0 Å². The fourth-order valence-corrected chi connectivity index (χ4v) is 5.98. The summed E-state index contributed by atoms with van der Waals surface area (Å²) < 4.78 is 66.6. The highest BCUT2D eigenvalue weighted by atomic mass is 31.3. The zero-order chi connectivity index (χ0) is 25.7. The average molecular weight is 551 g/mol. The van der Waals surface area contributed by atoms with Crippen LogP contribution >= 0.6 is 23.5 Å². The number of aliphatic hydroxyl groups excluding tert-OH is 1. The lowest BCUT2D eigenvalue weighted by atomic mass is 9.93. The van der Waals surface area contributed by atoms with Crippen molar-refractivity contribution in [3.63, 3.8) is 0 Å². The number of alkyl halides is 1. The second-order valence-electron chi connectivity index (χ2n) is 6.70. The number of hydrogen-bond donors (Lipinski definition) is 7. The summed E-state index contributed by atoms with van der Waals surface area (Å²) in [5.74, 6) is -3.57. The van der Waals surface area contributed by atoms with Gasteiger partial charge in [-0.1, -0.05) is 12.7 Å². The van der Waals surface area contributed by atoms with Gasteiger partial charge in [-0.2, -0.15) is 8.62 Å². The number of aliphatic hydroxyl groups is 2. The predicted molar refractivity (Wildman–Crippen MR) is 105 cm³/mol. The van der Waals surface area contributed by atoms with Gasteiger partial charge in [0.1, 0.15) is 18.5 Å². The van der Waals surface area contributed by atoms with Crippen molar-refractivity contribution in [3.05, 3.63) is 25.3 Å². The number of nitrogen functional groups attached to an aromatic ring is 1. The molecule has 0 aliphatic carbocycles. The lowest BCUT2D eigenvalue weighted by Gasteiger charge is -2.28. The topological polar surface area (TPSA) is 279 Å². The molecule has 18 nitrogen and oxygen atoms in total. The number of halogens is 1. The molecule has 1 saturated heterocycles. The van der Waals surface area contributed by atoms with Crippen LogP contribution in [-0.4, -0.2) is 73.5 Å². The van der Waals surface area contributed by atoms with Crippen LogP contribution in [0, 0.1) is 0 Å². The summed E-state index contributed by atoms with van der Waals surface area (Å²) in [6.07, 6.45) is -1.67. The normalized spacial score (nSPS) is 31.3. The molecule has 34 heavy (non-hydrogen) atoms. The Morgan fingerprint density at radius 3 is 2.44 bits per heavy atom. The van der Waals surface area contributed by atoms with Gasteiger partial charge in [0.05, 0.1) is 6.33 Å². The fraction of sp³-hybridized carbons (Fsp3) is 0.417. The first kappa shape index (κ1) is 26.9. The van der Waals surface area contributed by atoms with Crippen LogP contribution in [0.4, 0.5) is 10.2 Å². The predicted octanol–water partition coefficient (Wildman–Crippen LogP) is -0.776. The number of phosphoric acid groups is 3. The van der Waals surface area contributed by atoms with Gasteiger partial charge in [-0.3, -0.25) is 9.09 Å². The molecule has 8 N–H and O–H groups in total. The summed E-state index contributed by atoms with van der Waals surface area (Å²) in [4.78, 5) is 47.2. The lowest BCUT2D eigenvalue weighted by Crippen LogP contribution is -2.49. The molecule has 0 aromatic carbocycles. The third-order valence-electron chi connectivity index (χ3n) is 4.36. The number of imidazole rings is 1. The molecule has 3 heterocycles. The number of aromatic nitrogens is 4. The van der Waals surface area contributed by atoms with Crippen molar-refractivity contribution in [2.75, 3.05) is 12.3 Å². The summed E-state index contributed by atoms with van der Waals surface area (Å²) in [6.45, 7) is 1.59. The minimum Gasteiger partial charge on any atom is -0.383 e. The number of phosphoric ester groups is 1. The van der Waals surface area contributed by atoms with E-state index in [1.807, 2.05) is 0 Å². The van der Waals surface area contributed by atoms with E-state index in [1.165, 1.54) is 0 Å². The number of nitrogens with two attached hydrogens (primary N) is 1. The molecule has 1 fully saturated rings. The monoisotopic (exact) mass is 551 g/mol. The van der Waals surface area contributed by atoms with Gasteiger partial charge >= 0.3 is 23.5 Å². The fourth-order valence-electron chi connectivity index (χ4n) is 2.94. The Hall–Kier alpha value is -1.69. The number of ether oxygens (including phenoxy) is 1. The molecule has 0 saturated carbocycles. The highest BCUT2D eigenvalue weighted by Gasteiger charge is 2.65. The summed E-state index contributed by atoms with van der Waals surface area (Å²) in [5, 5.41) is 21.3. The Balaban J connectivity index is 1.86. The minimum atomic E-state index is -5.88. The molecule has 22 heteroatoms. The van der Waals surface area contributed by atoms with Crippen LogP contribution in [0.2, 0.25) is 0 Å². The summed E-state index contributed by atoms with van der Waals surface area (Å²) in [5.41, 5.74) is 3.00. The summed E-state index contributed by atoms with van der Waals surface area (Å²) in [7, 11) is -17.3. The van der Waals surface area contributed by atoms with Crippen LogP contribution in [0.25, 0.3) is 11.2 Å². The van der Waals surface area contributed by atoms with Gasteiger partial charge in [-0.15, -0.1) is 0 Å². The van der Waals surface area contributed by atoms with Gasteiger partial charge in [-0.25, -0.2) is 33.0 Å². The lowest BCUT2D eigenvalue weighted by molar-refractivity contribution is -0.203. The van der Waals surface area contributed by atoms with Crippen molar-refractivity contribution in [1.29, 1.82) is 0 Å². The van der Waals surface area contributed by atoms with Crippen molar-refractivity contribution < 1.29 is 65.8 Å². The van der Waals surface area contributed by atoms with Crippen LogP contribution in [-0.2, 0) is 31.6 Å². The molecule has 2 aromatic heterocycles. The molecule has 6 atom stereocenters. The Morgan fingerprint density at radius 1 is 1.21 bits per heavy atom. The van der Waals surface area contributed by atoms with Crippen molar-refractivity contribution in [2.24, 2.45) is 0 Å². The second kappa shape index (κ2) is 8.76. The average Bonchev–Trinajstić information content (AvgIpc) is 3.19. The van der Waals surface area contributed by atoms with Crippen molar-refractivity contribution in [2.45, 2.75) is 23.8 Å². The van der Waals surface area contributed by atoms with E-state index in [4.69, 9.17) is 25.2 Å². The van der Waals surface area contributed by atoms with Crippen molar-refractivity contribution in [1.82, 2.24) is 19.5 Å². The van der Waals surface area contributed by atoms with Gasteiger partial charge < -0.3 is 40.3 Å². The molecule has 0 bridgehead atoms. The van der Waals surface area contributed by atoms with Gasteiger partial charge in [0, 0.05) is 0 Å². The quantitative estimate of drug-likeness (QED) is 0.149. The molecule has 2 aromatic rings. The van der Waals surface area contributed by atoms with Crippen LogP contribution in [0.15, 0.2) is 25.3 Å². The maximum Gasteiger partial charge on any atom is 0.490 e. The third kappa shape index (κ3) is 5.27. The molecule has 1 aliphatic rings. The first-order valence-electron chi connectivity index (χ1n) is 8.55. The standard InChI is InChI=1S/C12H17FN5O13P3/c1-2-11(20)9(19)12(13,3-28-33(24,25)31-34(26,27)30-32(21,22)23)29-10(11)18-5-17-6-7(14)15-4-16-8(6)18/h2,4-5,9-10,19-20H,1,3H2,(H,24,25)(H,26,27)(H2,14,15,16)(H2,21,22,23).